The number of nitro groups is 1. The van der Waals surface area contributed by atoms with E-state index < -0.39 is 41.5 Å². The predicted octanol–water partition coefficient (Wildman–Crippen LogP) is 4.52. The van der Waals surface area contributed by atoms with Gasteiger partial charge in [-0.1, -0.05) is 41.5 Å². The third kappa shape index (κ3) is 9.79. The van der Waals surface area contributed by atoms with E-state index in [2.05, 4.69) is 10.2 Å². The maximum absolute atomic E-state index is 13.9. The number of hydrogen-bond acceptors (Lipinski definition) is 7. The summed E-state index contributed by atoms with van der Waals surface area (Å²) in [6.07, 6.45) is 0.0769. The molecule has 1 aromatic carbocycles. The van der Waals surface area contributed by atoms with Gasteiger partial charge in [0.2, 0.25) is 0 Å². The lowest BCUT2D eigenvalue weighted by Crippen LogP contribution is -2.53. The molecule has 0 radical (unpaired) electrons. The molecule has 0 spiro atoms. The number of nitrogens with zero attached hydrogens (tertiary/aromatic N) is 1. The fraction of sp³-hybridized carbons (Fsp3) is 0.636. The number of benzene rings is 1. The molecule has 1 unspecified atom stereocenters. The number of rotatable bonds is 11. The topological polar surface area (TPSA) is 157 Å². The van der Waals surface area contributed by atoms with Crippen LogP contribution in [0.4, 0.5) is 5.69 Å². The first kappa shape index (κ1) is 29.5. The average Bonchev–Trinajstić information content (AvgIpc) is 2.63. The van der Waals surface area contributed by atoms with E-state index in [4.69, 9.17) is 9.26 Å². The summed E-state index contributed by atoms with van der Waals surface area (Å²) in [5, 5.41) is 26.0. The van der Waals surface area contributed by atoms with E-state index in [1.807, 2.05) is 41.5 Å². The standard InChI is InChI=1S/C22H36N3O8P/c1-15(18(26)32-14-21(5,6)7)23-34(31,24-22(8,19(27)28)13-20(2,3)4)33-17-11-9-16(10-12-17)25(29)30/h9-12,15H,13-14H2,1-8H3,(H,27,28)(H2,23,24,31)/t15-,22-,34?/m0/s1. The van der Waals surface area contributed by atoms with Crippen molar-refractivity contribution in [3.8, 4) is 5.75 Å². The molecule has 1 aromatic rings. The van der Waals surface area contributed by atoms with Crippen molar-refractivity contribution in [2.24, 2.45) is 10.8 Å². The number of nitro benzene ring substituents is 1. The van der Waals surface area contributed by atoms with Crippen LogP contribution in [0.2, 0.25) is 0 Å². The zero-order chi connectivity index (χ0) is 26.5. The number of carbonyl (C=O) groups is 2. The first-order valence-electron chi connectivity index (χ1n) is 10.8. The number of nitrogens with one attached hydrogen (secondary N) is 2. The van der Waals surface area contributed by atoms with Gasteiger partial charge in [-0.3, -0.25) is 19.7 Å². The second kappa shape index (κ2) is 10.8. The van der Waals surface area contributed by atoms with Crippen LogP contribution in [0.25, 0.3) is 0 Å². The largest absolute Gasteiger partial charge is 0.480 e. The van der Waals surface area contributed by atoms with Gasteiger partial charge in [0.1, 0.15) is 17.3 Å². The van der Waals surface area contributed by atoms with Crippen LogP contribution in [-0.4, -0.2) is 40.2 Å². The number of ether oxygens (including phenoxy) is 1. The van der Waals surface area contributed by atoms with Gasteiger partial charge in [0, 0.05) is 12.1 Å². The van der Waals surface area contributed by atoms with E-state index in [0.29, 0.717) is 0 Å². The van der Waals surface area contributed by atoms with Crippen molar-refractivity contribution < 1.29 is 33.4 Å². The van der Waals surface area contributed by atoms with Crippen LogP contribution in [0.15, 0.2) is 24.3 Å². The summed E-state index contributed by atoms with van der Waals surface area (Å²) < 4.78 is 24.7. The van der Waals surface area contributed by atoms with Gasteiger partial charge in [-0.15, -0.1) is 0 Å². The predicted molar refractivity (Wildman–Crippen MR) is 128 cm³/mol. The minimum atomic E-state index is -4.27. The molecule has 0 amide bonds. The lowest BCUT2D eigenvalue weighted by molar-refractivity contribution is -0.384. The van der Waals surface area contributed by atoms with E-state index in [9.17, 15) is 29.4 Å². The molecule has 0 fully saturated rings. The van der Waals surface area contributed by atoms with Gasteiger partial charge in [0.15, 0.2) is 0 Å². The first-order valence-corrected chi connectivity index (χ1v) is 12.4. The number of hydrogen-bond donors (Lipinski definition) is 3. The Labute approximate surface area is 200 Å². The molecule has 12 heteroatoms. The Morgan fingerprint density at radius 1 is 1.09 bits per heavy atom. The Hall–Kier alpha value is -2.49. The summed E-state index contributed by atoms with van der Waals surface area (Å²) in [6, 6.07) is 3.67. The quantitative estimate of drug-likeness (QED) is 0.170. The van der Waals surface area contributed by atoms with Crippen molar-refractivity contribution >= 4 is 25.3 Å². The second-order valence-corrected chi connectivity index (χ2v) is 12.7. The maximum atomic E-state index is 13.9. The van der Waals surface area contributed by atoms with Crippen LogP contribution in [-0.2, 0) is 18.9 Å². The van der Waals surface area contributed by atoms with Crippen molar-refractivity contribution in [3.63, 3.8) is 0 Å². The molecule has 3 atom stereocenters. The summed E-state index contributed by atoms with van der Waals surface area (Å²) >= 11 is 0. The summed E-state index contributed by atoms with van der Waals surface area (Å²) in [5.74, 6) is -1.98. The number of aliphatic carboxylic acids is 1. The highest BCUT2D eigenvalue weighted by Gasteiger charge is 2.45. The Morgan fingerprint density at radius 2 is 1.62 bits per heavy atom. The number of esters is 1. The van der Waals surface area contributed by atoms with Gasteiger partial charge in [-0.2, -0.15) is 0 Å². The van der Waals surface area contributed by atoms with Crippen LogP contribution in [0.1, 0.15) is 61.8 Å². The summed E-state index contributed by atoms with van der Waals surface area (Å²) in [6.45, 7) is 14.1. The van der Waals surface area contributed by atoms with Crippen molar-refractivity contribution in [1.29, 1.82) is 0 Å². The first-order chi connectivity index (χ1) is 15.3. The van der Waals surface area contributed by atoms with Crippen LogP contribution in [0.5, 0.6) is 5.75 Å². The molecule has 34 heavy (non-hydrogen) atoms. The number of carboxylic acid groups (broad SMARTS) is 1. The van der Waals surface area contributed by atoms with Gasteiger partial charge in [-0.25, -0.2) is 14.7 Å². The van der Waals surface area contributed by atoms with Crippen LogP contribution in [0.3, 0.4) is 0 Å². The highest BCUT2D eigenvalue weighted by molar-refractivity contribution is 7.55. The van der Waals surface area contributed by atoms with Crippen molar-refractivity contribution in [2.75, 3.05) is 6.61 Å². The minimum Gasteiger partial charge on any atom is -0.480 e. The minimum absolute atomic E-state index is 0.0207. The average molecular weight is 502 g/mol. The molecule has 0 aromatic heterocycles. The number of carboxylic acids is 1. The summed E-state index contributed by atoms with van der Waals surface area (Å²) in [4.78, 5) is 34.9. The molecule has 0 heterocycles. The smallest absolute Gasteiger partial charge is 0.392 e. The van der Waals surface area contributed by atoms with Crippen molar-refractivity contribution in [2.45, 2.75) is 73.4 Å². The van der Waals surface area contributed by atoms with E-state index in [1.165, 1.54) is 26.0 Å². The zero-order valence-corrected chi connectivity index (χ0v) is 21.9. The third-order valence-electron chi connectivity index (χ3n) is 4.40. The molecule has 0 saturated carbocycles. The van der Waals surface area contributed by atoms with E-state index in [1.54, 1.807) is 0 Å². The molecule has 0 aliphatic carbocycles. The number of non-ortho nitro benzene ring substituents is 1. The lowest BCUT2D eigenvalue weighted by Gasteiger charge is -2.36. The molecular weight excluding hydrogens is 465 g/mol. The molecule has 192 valence electrons. The lowest BCUT2D eigenvalue weighted by atomic mass is 9.81. The highest BCUT2D eigenvalue weighted by Crippen LogP contribution is 2.44. The van der Waals surface area contributed by atoms with E-state index in [0.717, 1.165) is 12.1 Å². The van der Waals surface area contributed by atoms with Crippen LogP contribution >= 0.6 is 7.67 Å². The Bertz CT molecular complexity index is 937. The highest BCUT2D eigenvalue weighted by atomic mass is 31.2. The van der Waals surface area contributed by atoms with Crippen LogP contribution in [0, 0.1) is 20.9 Å². The molecule has 0 aliphatic rings. The molecule has 3 N–H and O–H groups in total. The molecule has 1 rings (SSSR count). The monoisotopic (exact) mass is 501 g/mol. The van der Waals surface area contributed by atoms with Crippen molar-refractivity contribution in [3.05, 3.63) is 34.4 Å². The molecule has 11 nitrogen and oxygen atoms in total. The second-order valence-electron chi connectivity index (χ2n) is 10.9. The van der Waals surface area contributed by atoms with Gasteiger partial charge in [-0.05, 0) is 43.2 Å². The van der Waals surface area contributed by atoms with E-state index in [-0.39, 0.29) is 29.9 Å². The molecule has 0 bridgehead atoms. The molecule has 0 saturated heterocycles. The Morgan fingerprint density at radius 3 is 2.03 bits per heavy atom. The van der Waals surface area contributed by atoms with Gasteiger partial charge in [0.25, 0.3) is 5.69 Å². The van der Waals surface area contributed by atoms with E-state index >= 15 is 0 Å². The fourth-order valence-electron chi connectivity index (χ4n) is 3.13. The van der Waals surface area contributed by atoms with Crippen LogP contribution < -0.4 is 14.7 Å². The zero-order valence-electron chi connectivity index (χ0n) is 21.0. The Kier molecular flexibility index (Phi) is 9.42. The molecule has 0 aliphatic heterocycles. The normalized spacial score (nSPS) is 16.6. The fourth-order valence-corrected chi connectivity index (χ4v) is 5.15. The Balaban J connectivity index is 3.28. The maximum Gasteiger partial charge on any atom is 0.392 e. The summed E-state index contributed by atoms with van der Waals surface area (Å²) in [5.41, 5.74) is -2.65. The van der Waals surface area contributed by atoms with Gasteiger partial charge >= 0.3 is 19.6 Å². The van der Waals surface area contributed by atoms with Gasteiger partial charge in [0.05, 0.1) is 11.5 Å². The van der Waals surface area contributed by atoms with Gasteiger partial charge < -0.3 is 14.4 Å². The SMILES string of the molecule is C[C@H](NP(=O)(N[C@@](C)(CC(C)(C)C)C(=O)O)Oc1ccc([N+](=O)[O-])cc1)C(=O)OCC(C)(C)C. The summed E-state index contributed by atoms with van der Waals surface area (Å²) in [7, 11) is -4.27. The third-order valence-corrected chi connectivity index (χ3v) is 6.38. The van der Waals surface area contributed by atoms with Crippen molar-refractivity contribution in [1.82, 2.24) is 10.2 Å². The number of carbonyl (C=O) groups excluding carboxylic acids is 1. The molecular formula is C22H36N3O8P.